The molecule has 1 aliphatic carbocycles. The van der Waals surface area contributed by atoms with Crippen LogP contribution < -0.4 is 5.32 Å². The van der Waals surface area contributed by atoms with Crippen molar-refractivity contribution in [1.82, 2.24) is 5.32 Å². The topological polar surface area (TPSA) is 12.0 Å². The van der Waals surface area contributed by atoms with Gasteiger partial charge in [0.15, 0.2) is 0 Å². The Bertz CT molecular complexity index is 633. The van der Waals surface area contributed by atoms with Crippen molar-refractivity contribution >= 4 is 23.2 Å². The summed E-state index contributed by atoms with van der Waals surface area (Å²) >= 11 is 12.6. The first-order valence-electron chi connectivity index (χ1n) is 6.92. The van der Waals surface area contributed by atoms with Crippen molar-refractivity contribution in [3.05, 3.63) is 57.6 Å². The molecule has 1 fully saturated rings. The van der Waals surface area contributed by atoms with E-state index in [2.05, 4.69) is 23.5 Å². The van der Waals surface area contributed by atoms with E-state index < -0.39 is 0 Å². The van der Waals surface area contributed by atoms with Crippen molar-refractivity contribution in [2.24, 2.45) is 0 Å². The van der Waals surface area contributed by atoms with Crippen molar-refractivity contribution < 1.29 is 0 Å². The normalized spacial score (nSPS) is 14.6. The maximum atomic E-state index is 6.42. The van der Waals surface area contributed by atoms with E-state index in [1.54, 1.807) is 0 Å². The average molecular weight is 306 g/mol. The summed E-state index contributed by atoms with van der Waals surface area (Å²) in [5, 5.41) is 5.05. The van der Waals surface area contributed by atoms with E-state index in [0.29, 0.717) is 6.04 Å². The highest BCUT2D eigenvalue weighted by Gasteiger charge is 2.20. The first kappa shape index (κ1) is 13.9. The van der Waals surface area contributed by atoms with Gasteiger partial charge in [-0.1, -0.05) is 47.5 Å². The molecule has 2 aromatic rings. The second-order valence-corrected chi connectivity index (χ2v) is 6.25. The Balaban J connectivity index is 1.83. The molecule has 0 aromatic heterocycles. The Hall–Kier alpha value is -1.02. The van der Waals surface area contributed by atoms with E-state index in [9.17, 15) is 0 Å². The van der Waals surface area contributed by atoms with Gasteiger partial charge in [0, 0.05) is 28.2 Å². The molecule has 0 bridgehead atoms. The zero-order valence-electron chi connectivity index (χ0n) is 11.4. The van der Waals surface area contributed by atoms with Crippen molar-refractivity contribution in [2.45, 2.75) is 32.4 Å². The smallest absolute Gasteiger partial charge is 0.0487 e. The number of rotatable bonds is 4. The van der Waals surface area contributed by atoms with Crippen LogP contribution in [0.5, 0.6) is 0 Å². The van der Waals surface area contributed by atoms with Crippen molar-refractivity contribution in [3.63, 3.8) is 0 Å². The van der Waals surface area contributed by atoms with E-state index in [-0.39, 0.29) is 0 Å². The molecular weight excluding hydrogens is 289 g/mol. The third-order valence-electron chi connectivity index (χ3n) is 3.69. The Morgan fingerprint density at radius 1 is 1.05 bits per heavy atom. The zero-order valence-corrected chi connectivity index (χ0v) is 12.9. The molecule has 0 amide bonds. The minimum atomic E-state index is 0.712. The molecule has 0 radical (unpaired) electrons. The van der Waals surface area contributed by atoms with E-state index in [4.69, 9.17) is 23.2 Å². The number of hydrogen-bond acceptors (Lipinski definition) is 1. The second-order valence-electron chi connectivity index (χ2n) is 5.43. The summed E-state index contributed by atoms with van der Waals surface area (Å²) in [7, 11) is 0. The number of hydrogen-bond donors (Lipinski definition) is 1. The average Bonchev–Trinajstić information content (AvgIpc) is 3.24. The molecule has 0 atom stereocenters. The van der Waals surface area contributed by atoms with E-state index in [0.717, 1.165) is 33.3 Å². The lowest BCUT2D eigenvalue weighted by molar-refractivity contribution is 0.688. The monoisotopic (exact) mass is 305 g/mol. The van der Waals surface area contributed by atoms with Crippen LogP contribution >= 0.6 is 23.2 Å². The molecular formula is C17H17Cl2N. The minimum Gasteiger partial charge on any atom is -0.310 e. The van der Waals surface area contributed by atoms with Gasteiger partial charge < -0.3 is 5.32 Å². The molecule has 0 saturated heterocycles. The molecule has 104 valence electrons. The molecule has 0 aliphatic heterocycles. The maximum Gasteiger partial charge on any atom is 0.0487 e. The molecule has 1 N–H and O–H groups in total. The quantitative estimate of drug-likeness (QED) is 0.816. The van der Waals surface area contributed by atoms with Gasteiger partial charge >= 0.3 is 0 Å². The van der Waals surface area contributed by atoms with Crippen molar-refractivity contribution in [2.75, 3.05) is 0 Å². The Morgan fingerprint density at radius 2 is 1.85 bits per heavy atom. The standard InChI is InChI=1S/C17H17Cl2N/c1-11-2-4-13(9-16(11)18)15-7-3-12(8-17(15)19)10-20-14-5-6-14/h2-4,7-9,14,20H,5-6,10H2,1H3. The van der Waals surface area contributed by atoms with Gasteiger partial charge in [0.1, 0.15) is 0 Å². The molecule has 2 aromatic carbocycles. The summed E-state index contributed by atoms with van der Waals surface area (Å²) in [5.74, 6) is 0. The molecule has 1 aliphatic rings. The van der Waals surface area contributed by atoms with Crippen LogP contribution in [0.25, 0.3) is 11.1 Å². The van der Waals surface area contributed by atoms with Gasteiger partial charge in [-0.2, -0.15) is 0 Å². The molecule has 1 nitrogen and oxygen atoms in total. The van der Waals surface area contributed by atoms with Gasteiger partial charge in [-0.15, -0.1) is 0 Å². The summed E-state index contributed by atoms with van der Waals surface area (Å²) in [6.45, 7) is 2.89. The van der Waals surface area contributed by atoms with Gasteiger partial charge in [0.05, 0.1) is 0 Å². The van der Waals surface area contributed by atoms with Crippen LogP contribution in [-0.4, -0.2) is 6.04 Å². The molecule has 3 rings (SSSR count). The fraction of sp³-hybridized carbons (Fsp3) is 0.294. The van der Waals surface area contributed by atoms with Crippen molar-refractivity contribution in [3.8, 4) is 11.1 Å². The summed E-state index contributed by atoms with van der Waals surface area (Å²) < 4.78 is 0. The summed E-state index contributed by atoms with van der Waals surface area (Å²) in [4.78, 5) is 0. The Labute approximate surface area is 129 Å². The molecule has 0 heterocycles. The van der Waals surface area contributed by atoms with E-state index >= 15 is 0 Å². The van der Waals surface area contributed by atoms with Crippen molar-refractivity contribution in [1.29, 1.82) is 0 Å². The van der Waals surface area contributed by atoms with Crippen LogP contribution in [0.4, 0.5) is 0 Å². The number of benzene rings is 2. The lowest BCUT2D eigenvalue weighted by Gasteiger charge is -2.09. The Kier molecular flexibility index (Phi) is 4.02. The van der Waals surface area contributed by atoms with Crippen LogP contribution in [0.3, 0.4) is 0 Å². The van der Waals surface area contributed by atoms with Gasteiger partial charge in [0.2, 0.25) is 0 Å². The lowest BCUT2D eigenvalue weighted by atomic mass is 10.0. The zero-order chi connectivity index (χ0) is 14.1. The first-order chi connectivity index (χ1) is 9.63. The van der Waals surface area contributed by atoms with Gasteiger partial charge in [-0.25, -0.2) is 0 Å². The molecule has 20 heavy (non-hydrogen) atoms. The summed E-state index contributed by atoms with van der Waals surface area (Å²) in [5.41, 5.74) is 4.40. The highest BCUT2D eigenvalue weighted by Crippen LogP contribution is 2.31. The third-order valence-corrected chi connectivity index (χ3v) is 4.41. The summed E-state index contributed by atoms with van der Waals surface area (Å²) in [6, 6.07) is 13.0. The van der Waals surface area contributed by atoms with Crippen LogP contribution in [0.2, 0.25) is 10.0 Å². The number of aryl methyl sites for hydroxylation is 1. The molecule has 0 unspecified atom stereocenters. The molecule has 3 heteroatoms. The van der Waals surface area contributed by atoms with Gasteiger partial charge in [0.25, 0.3) is 0 Å². The minimum absolute atomic E-state index is 0.712. The first-order valence-corrected chi connectivity index (χ1v) is 7.67. The highest BCUT2D eigenvalue weighted by atomic mass is 35.5. The van der Waals surface area contributed by atoms with Crippen LogP contribution in [0.1, 0.15) is 24.0 Å². The number of nitrogens with one attached hydrogen (secondary N) is 1. The summed E-state index contributed by atoms with van der Waals surface area (Å²) in [6.07, 6.45) is 2.60. The van der Waals surface area contributed by atoms with E-state index in [1.807, 2.05) is 25.1 Å². The Morgan fingerprint density at radius 3 is 2.50 bits per heavy atom. The van der Waals surface area contributed by atoms with Gasteiger partial charge in [-0.05, 0) is 48.6 Å². The third kappa shape index (κ3) is 3.17. The maximum absolute atomic E-state index is 6.42. The van der Waals surface area contributed by atoms with Crippen LogP contribution in [0, 0.1) is 6.92 Å². The lowest BCUT2D eigenvalue weighted by Crippen LogP contribution is -2.15. The molecule has 0 spiro atoms. The fourth-order valence-corrected chi connectivity index (χ4v) is 2.71. The van der Waals surface area contributed by atoms with E-state index in [1.165, 1.54) is 18.4 Å². The predicted octanol–water partition coefficient (Wildman–Crippen LogP) is 5.22. The second kappa shape index (κ2) is 5.77. The van der Waals surface area contributed by atoms with Crippen LogP contribution in [-0.2, 0) is 6.54 Å². The number of halogens is 2. The SMILES string of the molecule is Cc1ccc(-c2ccc(CNC3CC3)cc2Cl)cc1Cl. The van der Waals surface area contributed by atoms with Crippen LogP contribution in [0.15, 0.2) is 36.4 Å². The van der Waals surface area contributed by atoms with Gasteiger partial charge in [-0.3, -0.25) is 0 Å². The highest BCUT2D eigenvalue weighted by molar-refractivity contribution is 6.34. The predicted molar refractivity (Wildman–Crippen MR) is 86.5 cm³/mol. The fourth-order valence-electron chi connectivity index (χ4n) is 2.21. The molecule has 1 saturated carbocycles. The largest absolute Gasteiger partial charge is 0.310 e.